The first-order valence-electron chi connectivity index (χ1n) is 3.55. The minimum Gasteiger partial charge on any atom is -0.160 e. The summed E-state index contributed by atoms with van der Waals surface area (Å²) in [5, 5.41) is 1.30. The lowest BCUT2D eigenvalue weighted by Gasteiger charge is -2.28. The third-order valence-electron chi connectivity index (χ3n) is 1.95. The van der Waals surface area contributed by atoms with Gasteiger partial charge < -0.3 is 0 Å². The molecule has 0 heterocycles. The third-order valence-corrected chi connectivity index (χ3v) is 4.14. The molecular formula is C7H12Cl2S. The Kier molecular flexibility index (Phi) is 3.68. The van der Waals surface area contributed by atoms with E-state index in [9.17, 15) is 0 Å². The summed E-state index contributed by atoms with van der Waals surface area (Å²) >= 11 is 13.9. The van der Waals surface area contributed by atoms with E-state index < -0.39 is 0 Å². The van der Waals surface area contributed by atoms with Gasteiger partial charge in [0, 0.05) is 16.0 Å². The van der Waals surface area contributed by atoms with Gasteiger partial charge in [-0.1, -0.05) is 0 Å². The molecule has 10 heavy (non-hydrogen) atoms. The number of halogens is 2. The Morgan fingerprint density at radius 1 is 1.30 bits per heavy atom. The maximum atomic E-state index is 6.07. The minimum absolute atomic E-state index is 0.352. The normalized spacial score (nSPS) is 41.7. The summed E-state index contributed by atoms with van der Waals surface area (Å²) in [6.07, 6.45) is 5.36. The first kappa shape index (κ1) is 9.02. The Morgan fingerprint density at radius 2 is 2.00 bits per heavy atom. The number of rotatable bonds is 1. The monoisotopic (exact) mass is 198 g/mol. The van der Waals surface area contributed by atoms with Crippen LogP contribution in [-0.2, 0) is 0 Å². The molecule has 0 nitrogen and oxygen atoms in total. The van der Waals surface area contributed by atoms with Crippen LogP contribution in [0, 0.1) is 0 Å². The van der Waals surface area contributed by atoms with Crippen molar-refractivity contribution < 1.29 is 0 Å². The second-order valence-corrected chi connectivity index (χ2v) is 4.96. The molecule has 0 amide bonds. The summed E-state index contributed by atoms with van der Waals surface area (Å²) < 4.78 is 0. The van der Waals surface area contributed by atoms with E-state index in [0.29, 0.717) is 16.0 Å². The van der Waals surface area contributed by atoms with Crippen LogP contribution in [-0.4, -0.2) is 22.3 Å². The van der Waals surface area contributed by atoms with E-state index in [0.717, 1.165) is 19.3 Å². The van der Waals surface area contributed by atoms with Crippen LogP contribution in [0.5, 0.6) is 0 Å². The first-order valence-corrected chi connectivity index (χ1v) is 5.71. The van der Waals surface area contributed by atoms with Crippen LogP contribution < -0.4 is 0 Å². The summed E-state index contributed by atoms with van der Waals surface area (Å²) in [4.78, 5) is 0. The average molecular weight is 199 g/mol. The van der Waals surface area contributed by atoms with Gasteiger partial charge in [-0.2, -0.15) is 11.8 Å². The smallest absolute Gasteiger partial charge is 0.0455 e. The van der Waals surface area contributed by atoms with E-state index in [1.165, 1.54) is 0 Å². The second-order valence-electron chi connectivity index (χ2n) is 2.70. The van der Waals surface area contributed by atoms with Crippen molar-refractivity contribution >= 4 is 35.0 Å². The highest BCUT2D eigenvalue weighted by Crippen LogP contribution is 2.33. The van der Waals surface area contributed by atoms with Crippen LogP contribution in [0.3, 0.4) is 0 Å². The van der Waals surface area contributed by atoms with Crippen molar-refractivity contribution in [3.05, 3.63) is 0 Å². The van der Waals surface area contributed by atoms with Gasteiger partial charge in [0.15, 0.2) is 0 Å². The van der Waals surface area contributed by atoms with Gasteiger partial charge in [-0.3, -0.25) is 0 Å². The zero-order chi connectivity index (χ0) is 7.56. The lowest BCUT2D eigenvalue weighted by atomic mass is 9.99. The molecule has 0 N–H and O–H groups in total. The maximum Gasteiger partial charge on any atom is 0.0455 e. The fraction of sp³-hybridized carbons (Fsp3) is 1.00. The van der Waals surface area contributed by atoms with Gasteiger partial charge >= 0.3 is 0 Å². The average Bonchev–Trinajstić information content (AvgIpc) is 1.94. The highest BCUT2D eigenvalue weighted by molar-refractivity contribution is 7.99. The van der Waals surface area contributed by atoms with Crippen molar-refractivity contribution in [2.24, 2.45) is 0 Å². The van der Waals surface area contributed by atoms with Gasteiger partial charge in [0.05, 0.1) is 0 Å². The molecule has 0 saturated heterocycles. The Hall–Kier alpha value is 0.930. The molecule has 1 aliphatic rings. The molecule has 0 aromatic heterocycles. The van der Waals surface area contributed by atoms with Crippen molar-refractivity contribution in [1.82, 2.24) is 0 Å². The fourth-order valence-corrected chi connectivity index (χ4v) is 3.10. The van der Waals surface area contributed by atoms with Crippen LogP contribution in [0.25, 0.3) is 0 Å². The van der Waals surface area contributed by atoms with Crippen LogP contribution in [0.1, 0.15) is 19.3 Å². The van der Waals surface area contributed by atoms with Crippen molar-refractivity contribution in [2.45, 2.75) is 35.3 Å². The largest absolute Gasteiger partial charge is 0.160 e. The third kappa shape index (κ3) is 2.21. The van der Waals surface area contributed by atoms with Crippen LogP contribution in [0.4, 0.5) is 0 Å². The molecule has 0 aromatic rings. The van der Waals surface area contributed by atoms with E-state index in [2.05, 4.69) is 6.26 Å². The summed E-state index contributed by atoms with van der Waals surface area (Å²) in [6.45, 7) is 0. The highest BCUT2D eigenvalue weighted by atomic mass is 35.5. The SMILES string of the molecule is CSC1CC(Cl)CCC1Cl. The maximum absolute atomic E-state index is 6.07. The topological polar surface area (TPSA) is 0 Å². The number of alkyl halides is 2. The van der Waals surface area contributed by atoms with E-state index in [1.807, 2.05) is 11.8 Å². The molecule has 0 bridgehead atoms. The van der Waals surface area contributed by atoms with Gasteiger partial charge in [-0.25, -0.2) is 0 Å². The summed E-state index contributed by atoms with van der Waals surface area (Å²) in [5.41, 5.74) is 0. The van der Waals surface area contributed by atoms with Gasteiger partial charge in [0.1, 0.15) is 0 Å². The van der Waals surface area contributed by atoms with Crippen LogP contribution >= 0.6 is 35.0 Å². The zero-order valence-electron chi connectivity index (χ0n) is 6.02. The Labute approximate surface area is 76.7 Å². The van der Waals surface area contributed by atoms with Crippen molar-refractivity contribution in [1.29, 1.82) is 0 Å². The van der Waals surface area contributed by atoms with Gasteiger partial charge in [-0.05, 0) is 25.5 Å². The molecule has 3 heteroatoms. The molecule has 3 unspecified atom stereocenters. The fourth-order valence-electron chi connectivity index (χ4n) is 1.29. The Bertz CT molecular complexity index is 108. The number of hydrogen-bond acceptors (Lipinski definition) is 1. The van der Waals surface area contributed by atoms with Crippen molar-refractivity contribution in [3.63, 3.8) is 0 Å². The molecule has 1 saturated carbocycles. The Morgan fingerprint density at radius 3 is 2.50 bits per heavy atom. The summed E-state index contributed by atoms with van der Waals surface area (Å²) in [6, 6.07) is 0. The lowest BCUT2D eigenvalue weighted by molar-refractivity contribution is 0.530. The van der Waals surface area contributed by atoms with Crippen molar-refractivity contribution in [3.8, 4) is 0 Å². The van der Waals surface area contributed by atoms with Gasteiger partial charge in [0.2, 0.25) is 0 Å². The summed E-state index contributed by atoms with van der Waals surface area (Å²) in [7, 11) is 0. The van der Waals surface area contributed by atoms with Crippen molar-refractivity contribution in [2.75, 3.05) is 6.26 Å². The van der Waals surface area contributed by atoms with E-state index >= 15 is 0 Å². The Balaban J connectivity index is 2.38. The van der Waals surface area contributed by atoms with E-state index in [-0.39, 0.29) is 0 Å². The molecule has 0 aromatic carbocycles. The standard InChI is InChI=1S/C7H12Cl2S/c1-10-7-4-5(8)2-3-6(7)9/h5-7H,2-4H2,1H3. The highest BCUT2D eigenvalue weighted by Gasteiger charge is 2.26. The van der Waals surface area contributed by atoms with Gasteiger partial charge in [0.25, 0.3) is 0 Å². The first-order chi connectivity index (χ1) is 4.74. The van der Waals surface area contributed by atoms with Gasteiger partial charge in [-0.15, -0.1) is 23.2 Å². The second kappa shape index (κ2) is 4.08. The molecule has 1 aliphatic carbocycles. The number of thioether (sulfide) groups is 1. The molecule has 60 valence electrons. The molecular weight excluding hydrogens is 187 g/mol. The summed E-state index contributed by atoms with van der Waals surface area (Å²) in [5.74, 6) is 0. The lowest BCUT2D eigenvalue weighted by Crippen LogP contribution is -2.27. The predicted molar refractivity (Wildman–Crippen MR) is 50.4 cm³/mol. The van der Waals surface area contributed by atoms with Crippen LogP contribution in [0.15, 0.2) is 0 Å². The minimum atomic E-state index is 0.352. The molecule has 1 rings (SSSR count). The van der Waals surface area contributed by atoms with Crippen LogP contribution in [0.2, 0.25) is 0 Å². The molecule has 3 atom stereocenters. The quantitative estimate of drug-likeness (QED) is 0.584. The number of hydrogen-bond donors (Lipinski definition) is 0. The molecule has 0 radical (unpaired) electrons. The van der Waals surface area contributed by atoms with E-state index in [4.69, 9.17) is 23.2 Å². The van der Waals surface area contributed by atoms with E-state index in [1.54, 1.807) is 0 Å². The predicted octanol–water partition coefficient (Wildman–Crippen LogP) is 3.12. The molecule has 1 fully saturated rings. The zero-order valence-corrected chi connectivity index (χ0v) is 8.35. The molecule has 0 aliphatic heterocycles. The molecule has 0 spiro atoms.